The molecular formula is C24H25FN4O2. The maximum atomic E-state index is 14.5. The first-order valence-electron chi connectivity index (χ1n) is 10.8. The molecule has 1 aliphatic heterocycles. The first kappa shape index (κ1) is 19.9. The number of hydrogen-bond acceptors (Lipinski definition) is 4. The molecule has 5 rings (SSSR count). The molecule has 2 aromatic carbocycles. The first-order chi connectivity index (χ1) is 15.0. The standard InChI is InChI=1S/C24H25FN4O2/c1-28(16-5-4-6-16)17-13-29(14-17)24(31)20-11-15(9-10-21(20)25)12-22-18-7-2-3-8-19(18)23(30)27-26-22/h2-3,7-11,16-17H,4-6,12-14H2,1H3,(H,27,30). The van der Waals surface area contributed by atoms with E-state index < -0.39 is 5.82 Å². The highest BCUT2D eigenvalue weighted by Gasteiger charge is 2.38. The van der Waals surface area contributed by atoms with Crippen LogP contribution in [0.25, 0.3) is 10.8 Å². The summed E-state index contributed by atoms with van der Waals surface area (Å²) in [6.07, 6.45) is 4.13. The molecule has 1 amide bonds. The number of aromatic amines is 1. The minimum Gasteiger partial charge on any atom is -0.335 e. The monoisotopic (exact) mass is 420 g/mol. The fourth-order valence-corrected chi connectivity index (χ4v) is 4.49. The van der Waals surface area contributed by atoms with E-state index in [1.165, 1.54) is 25.3 Å². The van der Waals surface area contributed by atoms with E-state index in [0.717, 1.165) is 10.9 Å². The Morgan fingerprint density at radius 2 is 1.90 bits per heavy atom. The molecule has 2 fully saturated rings. The zero-order valence-corrected chi connectivity index (χ0v) is 17.5. The smallest absolute Gasteiger partial charge is 0.272 e. The second-order valence-electron chi connectivity index (χ2n) is 8.65. The average Bonchev–Trinajstić information content (AvgIpc) is 2.69. The Balaban J connectivity index is 1.34. The summed E-state index contributed by atoms with van der Waals surface area (Å²) in [5.74, 6) is -0.777. The highest BCUT2D eigenvalue weighted by Crippen LogP contribution is 2.29. The molecule has 7 heteroatoms. The van der Waals surface area contributed by atoms with Crippen LogP contribution in [0.2, 0.25) is 0 Å². The minimum absolute atomic E-state index is 0.0935. The number of hydrogen-bond donors (Lipinski definition) is 1. The molecule has 2 aliphatic rings. The number of aromatic nitrogens is 2. The molecule has 3 aromatic rings. The number of likely N-dealkylation sites (tertiary alicyclic amines) is 1. The lowest BCUT2D eigenvalue weighted by Crippen LogP contribution is -2.62. The van der Waals surface area contributed by atoms with E-state index in [2.05, 4.69) is 22.1 Å². The molecule has 160 valence electrons. The van der Waals surface area contributed by atoms with Gasteiger partial charge < -0.3 is 4.90 Å². The van der Waals surface area contributed by atoms with Gasteiger partial charge >= 0.3 is 0 Å². The van der Waals surface area contributed by atoms with E-state index >= 15 is 0 Å². The molecular weight excluding hydrogens is 395 g/mol. The zero-order valence-electron chi connectivity index (χ0n) is 17.5. The fourth-order valence-electron chi connectivity index (χ4n) is 4.49. The fraction of sp³-hybridized carbons (Fsp3) is 0.375. The number of carbonyl (C=O) groups excluding carboxylic acids is 1. The quantitative estimate of drug-likeness (QED) is 0.689. The van der Waals surface area contributed by atoms with Crippen molar-refractivity contribution in [1.82, 2.24) is 20.0 Å². The molecule has 0 spiro atoms. The van der Waals surface area contributed by atoms with Crippen molar-refractivity contribution in [3.05, 3.63) is 75.5 Å². The lowest BCUT2D eigenvalue weighted by Gasteiger charge is -2.48. The van der Waals surface area contributed by atoms with Crippen molar-refractivity contribution in [3.8, 4) is 0 Å². The van der Waals surface area contributed by atoms with Crippen molar-refractivity contribution in [1.29, 1.82) is 0 Å². The van der Waals surface area contributed by atoms with Gasteiger partial charge in [0.05, 0.1) is 16.6 Å². The van der Waals surface area contributed by atoms with Crippen LogP contribution in [0.5, 0.6) is 0 Å². The largest absolute Gasteiger partial charge is 0.335 e. The van der Waals surface area contributed by atoms with Gasteiger partial charge in [0.25, 0.3) is 11.5 Å². The van der Waals surface area contributed by atoms with Gasteiger partial charge in [0.15, 0.2) is 0 Å². The summed E-state index contributed by atoms with van der Waals surface area (Å²) >= 11 is 0. The van der Waals surface area contributed by atoms with Crippen LogP contribution in [-0.2, 0) is 6.42 Å². The molecule has 1 aliphatic carbocycles. The van der Waals surface area contributed by atoms with Crippen LogP contribution in [0.1, 0.15) is 40.9 Å². The SMILES string of the molecule is CN(C1CCC1)C1CN(C(=O)c2cc(Cc3n[nH]c(=O)c4ccccc34)ccc2F)C1. The summed E-state index contributed by atoms with van der Waals surface area (Å²) in [4.78, 5) is 29.0. The Labute approximate surface area is 179 Å². The highest BCUT2D eigenvalue weighted by molar-refractivity contribution is 5.95. The van der Waals surface area contributed by atoms with Crippen LogP contribution in [0, 0.1) is 5.82 Å². The second kappa shape index (κ2) is 7.89. The van der Waals surface area contributed by atoms with Crippen molar-refractivity contribution in [2.24, 2.45) is 0 Å². The number of benzene rings is 2. The van der Waals surface area contributed by atoms with Gasteiger partial charge in [0.2, 0.25) is 0 Å². The first-order valence-corrected chi connectivity index (χ1v) is 10.8. The third kappa shape index (κ3) is 3.63. The van der Waals surface area contributed by atoms with Crippen molar-refractivity contribution in [3.63, 3.8) is 0 Å². The Morgan fingerprint density at radius 1 is 1.16 bits per heavy atom. The Kier molecular flexibility index (Phi) is 5.06. The summed E-state index contributed by atoms with van der Waals surface area (Å²) in [6.45, 7) is 1.28. The molecule has 2 heterocycles. The lowest BCUT2D eigenvalue weighted by atomic mass is 9.89. The van der Waals surface area contributed by atoms with Crippen LogP contribution < -0.4 is 5.56 Å². The molecule has 31 heavy (non-hydrogen) atoms. The van der Waals surface area contributed by atoms with Gasteiger partial charge in [-0.1, -0.05) is 30.7 Å². The van der Waals surface area contributed by atoms with Gasteiger partial charge in [0, 0.05) is 37.0 Å². The number of H-pyrrole nitrogens is 1. The maximum Gasteiger partial charge on any atom is 0.272 e. The normalized spacial score (nSPS) is 17.1. The summed E-state index contributed by atoms with van der Waals surface area (Å²) in [5, 5.41) is 8.03. The van der Waals surface area contributed by atoms with E-state index in [0.29, 0.717) is 42.7 Å². The molecule has 1 saturated carbocycles. The maximum absolute atomic E-state index is 14.5. The van der Waals surface area contributed by atoms with E-state index in [1.54, 1.807) is 29.2 Å². The lowest BCUT2D eigenvalue weighted by molar-refractivity contribution is 0.00695. The molecule has 1 aromatic heterocycles. The summed E-state index contributed by atoms with van der Waals surface area (Å²) in [7, 11) is 2.12. The highest BCUT2D eigenvalue weighted by atomic mass is 19.1. The number of nitrogens with zero attached hydrogens (tertiary/aromatic N) is 3. The van der Waals surface area contributed by atoms with Gasteiger partial charge in [-0.3, -0.25) is 14.5 Å². The topological polar surface area (TPSA) is 69.3 Å². The molecule has 0 radical (unpaired) electrons. The molecule has 0 atom stereocenters. The van der Waals surface area contributed by atoms with E-state index in [-0.39, 0.29) is 17.0 Å². The Morgan fingerprint density at radius 3 is 2.61 bits per heavy atom. The molecule has 1 saturated heterocycles. The van der Waals surface area contributed by atoms with Crippen molar-refractivity contribution < 1.29 is 9.18 Å². The van der Waals surface area contributed by atoms with Crippen LogP contribution in [0.3, 0.4) is 0 Å². The minimum atomic E-state index is -0.510. The van der Waals surface area contributed by atoms with Crippen molar-refractivity contribution in [2.75, 3.05) is 20.1 Å². The predicted molar refractivity (Wildman–Crippen MR) is 117 cm³/mol. The molecule has 0 bridgehead atoms. The van der Waals surface area contributed by atoms with Crippen LogP contribution in [0.4, 0.5) is 4.39 Å². The van der Waals surface area contributed by atoms with Crippen molar-refractivity contribution >= 4 is 16.7 Å². The summed E-state index contributed by atoms with van der Waals surface area (Å²) < 4.78 is 14.5. The van der Waals surface area contributed by atoms with Gasteiger partial charge in [0.1, 0.15) is 5.82 Å². The number of likely N-dealkylation sites (N-methyl/N-ethyl adjacent to an activating group) is 1. The number of halogens is 1. The molecule has 1 N–H and O–H groups in total. The third-order valence-electron chi connectivity index (χ3n) is 6.78. The van der Waals surface area contributed by atoms with Crippen LogP contribution in [-0.4, -0.2) is 58.1 Å². The van der Waals surface area contributed by atoms with Crippen LogP contribution in [0.15, 0.2) is 47.3 Å². The Bertz CT molecular complexity index is 1200. The van der Waals surface area contributed by atoms with E-state index in [9.17, 15) is 14.0 Å². The van der Waals surface area contributed by atoms with Crippen LogP contribution >= 0.6 is 0 Å². The average molecular weight is 420 g/mol. The number of carbonyl (C=O) groups is 1. The predicted octanol–water partition coefficient (Wildman–Crippen LogP) is 2.96. The number of rotatable bonds is 5. The zero-order chi connectivity index (χ0) is 21.5. The van der Waals surface area contributed by atoms with Crippen molar-refractivity contribution in [2.45, 2.75) is 37.8 Å². The second-order valence-corrected chi connectivity index (χ2v) is 8.65. The number of amides is 1. The molecule has 6 nitrogen and oxygen atoms in total. The summed E-state index contributed by atoms with van der Waals surface area (Å²) in [5.41, 5.74) is 1.31. The van der Waals surface area contributed by atoms with Gasteiger partial charge in [-0.25, -0.2) is 9.49 Å². The Hall–Kier alpha value is -3.06. The molecule has 0 unspecified atom stereocenters. The van der Waals surface area contributed by atoms with E-state index in [1.807, 2.05) is 12.1 Å². The summed E-state index contributed by atoms with van der Waals surface area (Å²) in [6, 6.07) is 12.9. The third-order valence-corrected chi connectivity index (χ3v) is 6.78. The van der Waals surface area contributed by atoms with Gasteiger partial charge in [-0.15, -0.1) is 0 Å². The number of fused-ring (bicyclic) bond motifs is 1. The van der Waals surface area contributed by atoms with E-state index in [4.69, 9.17) is 0 Å². The van der Waals surface area contributed by atoms with Gasteiger partial charge in [-0.05, 0) is 43.7 Å². The number of nitrogens with one attached hydrogen (secondary N) is 1. The van der Waals surface area contributed by atoms with Gasteiger partial charge in [-0.2, -0.15) is 5.10 Å².